The van der Waals surface area contributed by atoms with Gasteiger partial charge in [0.1, 0.15) is 18.4 Å². The summed E-state index contributed by atoms with van der Waals surface area (Å²) in [7, 11) is 1.88. The number of hydrogen-bond donors (Lipinski definition) is 1. The van der Waals surface area contributed by atoms with Crippen molar-refractivity contribution in [2.24, 2.45) is 0 Å². The summed E-state index contributed by atoms with van der Waals surface area (Å²) in [6, 6.07) is 9.24. The van der Waals surface area contributed by atoms with Gasteiger partial charge in [-0.2, -0.15) is 0 Å². The van der Waals surface area contributed by atoms with E-state index in [1.54, 1.807) is 12.3 Å². The fraction of sp³-hybridized carbons (Fsp3) is 0.429. The van der Waals surface area contributed by atoms with Gasteiger partial charge in [0, 0.05) is 31.4 Å². The third-order valence-corrected chi connectivity index (χ3v) is 5.13. The number of aromatic amines is 1. The van der Waals surface area contributed by atoms with Gasteiger partial charge in [-0.05, 0) is 38.1 Å². The average molecular weight is 383 g/mol. The van der Waals surface area contributed by atoms with Crippen LogP contribution in [0.15, 0.2) is 36.5 Å². The molecule has 0 aliphatic carbocycles. The molecule has 4 rings (SSSR count). The molecule has 1 saturated heterocycles. The number of hydrogen-bond acceptors (Lipinski definition) is 5. The molecule has 2 aliphatic heterocycles. The van der Waals surface area contributed by atoms with Crippen molar-refractivity contribution in [2.45, 2.75) is 18.9 Å². The molecular weight excluding hydrogens is 358 g/mol. The third-order valence-electron chi connectivity index (χ3n) is 5.13. The molecular formula is C21H25N3O4. The predicted molar refractivity (Wildman–Crippen MR) is 104 cm³/mol. The molecule has 1 N–H and O–H groups in total. The van der Waals surface area contributed by atoms with E-state index in [4.69, 9.17) is 9.47 Å². The highest BCUT2D eigenvalue weighted by atomic mass is 16.6. The number of H-pyrrole nitrogens is 1. The molecule has 1 atom stereocenters. The number of amides is 1. The number of likely N-dealkylation sites (tertiary alicyclic amines) is 1. The van der Waals surface area contributed by atoms with E-state index < -0.39 is 0 Å². The van der Waals surface area contributed by atoms with E-state index in [0.717, 1.165) is 37.4 Å². The molecule has 2 aliphatic rings. The molecule has 1 aromatic carbocycles. The first-order valence-corrected chi connectivity index (χ1v) is 9.68. The Labute approximate surface area is 164 Å². The van der Waals surface area contributed by atoms with Crippen LogP contribution in [-0.4, -0.2) is 72.4 Å². The van der Waals surface area contributed by atoms with Crippen LogP contribution in [0.5, 0.6) is 11.5 Å². The van der Waals surface area contributed by atoms with Gasteiger partial charge in [-0.1, -0.05) is 12.1 Å². The highest BCUT2D eigenvalue weighted by Gasteiger charge is 2.24. The lowest BCUT2D eigenvalue weighted by Gasteiger charge is -2.29. The Balaban J connectivity index is 1.31. The molecule has 0 bridgehead atoms. The molecule has 0 unspecified atom stereocenters. The largest absolute Gasteiger partial charge is 0.486 e. The summed E-state index contributed by atoms with van der Waals surface area (Å²) in [5, 5.41) is 0. The molecule has 0 spiro atoms. The number of ketones is 1. The van der Waals surface area contributed by atoms with E-state index >= 15 is 0 Å². The maximum Gasteiger partial charge on any atom is 0.270 e. The number of benzene rings is 1. The maximum atomic E-state index is 12.6. The standard InChI is InChI=1S/C21H25N3O4/c1-23(12-16-14-27-19-6-2-3-7-20(19)28-16)13-18(25)15-10-17(22-11-15)21(26)24-8-4-5-9-24/h2-3,6-7,10-11,16,22H,4-5,8-9,12-14H2,1H3/t16-/m1/s1. The molecule has 148 valence electrons. The lowest BCUT2D eigenvalue weighted by molar-refractivity contribution is 0.0624. The molecule has 3 heterocycles. The second-order valence-electron chi connectivity index (χ2n) is 7.42. The Bertz CT molecular complexity index is 857. The molecule has 2 aromatic rings. The second kappa shape index (κ2) is 8.06. The van der Waals surface area contributed by atoms with Gasteiger partial charge >= 0.3 is 0 Å². The quantitative estimate of drug-likeness (QED) is 0.774. The first-order chi connectivity index (χ1) is 13.6. The van der Waals surface area contributed by atoms with Gasteiger partial charge in [-0.25, -0.2) is 0 Å². The van der Waals surface area contributed by atoms with Crippen molar-refractivity contribution in [1.29, 1.82) is 0 Å². The zero-order valence-electron chi connectivity index (χ0n) is 16.0. The molecule has 7 heteroatoms. The number of fused-ring (bicyclic) bond motifs is 1. The van der Waals surface area contributed by atoms with Crippen molar-refractivity contribution in [1.82, 2.24) is 14.8 Å². The normalized spacial score (nSPS) is 18.5. The van der Waals surface area contributed by atoms with Crippen molar-refractivity contribution in [3.05, 3.63) is 47.8 Å². The van der Waals surface area contributed by atoms with Gasteiger partial charge < -0.3 is 19.4 Å². The van der Waals surface area contributed by atoms with Crippen LogP contribution in [0.2, 0.25) is 0 Å². The van der Waals surface area contributed by atoms with E-state index in [0.29, 0.717) is 24.4 Å². The topological polar surface area (TPSA) is 74.9 Å². The number of nitrogens with one attached hydrogen (secondary N) is 1. The van der Waals surface area contributed by atoms with Gasteiger partial charge in [0.05, 0.1) is 6.54 Å². The summed E-state index contributed by atoms with van der Waals surface area (Å²) in [5.74, 6) is 1.42. The van der Waals surface area contributed by atoms with E-state index in [9.17, 15) is 9.59 Å². The number of likely N-dealkylation sites (N-methyl/N-ethyl adjacent to an activating group) is 1. The van der Waals surface area contributed by atoms with Gasteiger partial charge in [-0.15, -0.1) is 0 Å². The first-order valence-electron chi connectivity index (χ1n) is 9.68. The van der Waals surface area contributed by atoms with Crippen LogP contribution in [0.4, 0.5) is 0 Å². The maximum absolute atomic E-state index is 12.6. The van der Waals surface area contributed by atoms with Crippen LogP contribution in [0.1, 0.15) is 33.7 Å². The highest BCUT2D eigenvalue weighted by Crippen LogP contribution is 2.30. The van der Waals surface area contributed by atoms with E-state index in [1.807, 2.05) is 41.1 Å². The van der Waals surface area contributed by atoms with Crippen LogP contribution in [0, 0.1) is 0 Å². The average Bonchev–Trinajstić information content (AvgIpc) is 3.39. The zero-order chi connectivity index (χ0) is 19.5. The first kappa shape index (κ1) is 18.6. The second-order valence-corrected chi connectivity index (χ2v) is 7.42. The Morgan fingerprint density at radius 2 is 1.96 bits per heavy atom. The van der Waals surface area contributed by atoms with Crippen LogP contribution in [-0.2, 0) is 0 Å². The summed E-state index contributed by atoms with van der Waals surface area (Å²) >= 11 is 0. The Morgan fingerprint density at radius 1 is 1.21 bits per heavy atom. The van der Waals surface area contributed by atoms with Gasteiger partial charge in [0.2, 0.25) is 0 Å². The van der Waals surface area contributed by atoms with Crippen molar-refractivity contribution >= 4 is 11.7 Å². The molecule has 7 nitrogen and oxygen atoms in total. The summed E-state index contributed by atoms with van der Waals surface area (Å²) in [5.41, 5.74) is 1.01. The van der Waals surface area contributed by atoms with Crippen molar-refractivity contribution in [3.63, 3.8) is 0 Å². The number of carbonyl (C=O) groups excluding carboxylic acids is 2. The lowest BCUT2D eigenvalue weighted by atomic mass is 10.2. The van der Waals surface area contributed by atoms with Crippen LogP contribution in [0.25, 0.3) is 0 Å². The van der Waals surface area contributed by atoms with Crippen LogP contribution >= 0.6 is 0 Å². The van der Waals surface area contributed by atoms with Crippen molar-refractivity contribution in [3.8, 4) is 11.5 Å². The van der Waals surface area contributed by atoms with Crippen LogP contribution < -0.4 is 9.47 Å². The lowest BCUT2D eigenvalue weighted by Crippen LogP contribution is -2.41. The number of carbonyl (C=O) groups is 2. The van der Waals surface area contributed by atoms with Gasteiger partial charge in [0.25, 0.3) is 5.91 Å². The molecule has 0 radical (unpaired) electrons. The minimum atomic E-state index is -0.133. The number of para-hydroxylation sites is 2. The number of Topliss-reactive ketones (excluding diaryl/α,β-unsaturated/α-hetero) is 1. The third kappa shape index (κ3) is 4.04. The monoisotopic (exact) mass is 383 g/mol. The van der Waals surface area contributed by atoms with E-state index in [1.165, 1.54) is 0 Å². The van der Waals surface area contributed by atoms with Crippen molar-refractivity contribution in [2.75, 3.05) is 39.8 Å². The van der Waals surface area contributed by atoms with E-state index in [-0.39, 0.29) is 24.3 Å². The summed E-state index contributed by atoms with van der Waals surface area (Å²) < 4.78 is 11.7. The molecule has 28 heavy (non-hydrogen) atoms. The Morgan fingerprint density at radius 3 is 2.75 bits per heavy atom. The number of ether oxygens (including phenoxy) is 2. The van der Waals surface area contributed by atoms with Gasteiger partial charge in [0.15, 0.2) is 17.3 Å². The summed E-state index contributed by atoms with van der Waals surface area (Å²) in [6.45, 7) is 2.85. The Kier molecular flexibility index (Phi) is 5.34. The zero-order valence-corrected chi connectivity index (χ0v) is 16.0. The van der Waals surface area contributed by atoms with Crippen LogP contribution in [0.3, 0.4) is 0 Å². The van der Waals surface area contributed by atoms with Crippen molar-refractivity contribution < 1.29 is 19.1 Å². The van der Waals surface area contributed by atoms with Gasteiger partial charge in [-0.3, -0.25) is 14.5 Å². The Hall–Kier alpha value is -2.80. The minimum Gasteiger partial charge on any atom is -0.486 e. The summed E-state index contributed by atoms with van der Waals surface area (Å²) in [4.78, 5) is 31.7. The molecule has 1 aromatic heterocycles. The number of aromatic nitrogens is 1. The predicted octanol–water partition coefficient (Wildman–Crippen LogP) is 2.21. The molecule has 1 amide bonds. The highest BCUT2D eigenvalue weighted by molar-refractivity contribution is 6.01. The SMILES string of the molecule is CN(CC(=O)c1c[nH]c(C(=O)N2CCCC2)c1)C[C@@H]1COc2ccccc2O1. The minimum absolute atomic E-state index is 0.0312. The number of rotatable bonds is 6. The smallest absolute Gasteiger partial charge is 0.270 e. The fourth-order valence-electron chi connectivity index (χ4n) is 3.67. The fourth-order valence-corrected chi connectivity index (χ4v) is 3.67. The number of nitrogens with zero attached hydrogens (tertiary/aromatic N) is 2. The molecule has 1 fully saturated rings. The summed E-state index contributed by atoms with van der Waals surface area (Å²) in [6.07, 6.45) is 3.57. The van der Waals surface area contributed by atoms with E-state index in [2.05, 4.69) is 4.98 Å². The molecule has 0 saturated carbocycles.